The number of rotatable bonds is 5. The van der Waals surface area contributed by atoms with Crippen molar-refractivity contribution in [2.75, 3.05) is 7.11 Å². The van der Waals surface area contributed by atoms with Crippen LogP contribution in [0.15, 0.2) is 30.5 Å². The highest BCUT2D eigenvalue weighted by Crippen LogP contribution is 2.41. The zero-order chi connectivity index (χ0) is 19.0. The summed E-state index contributed by atoms with van der Waals surface area (Å²) in [7, 11) is 1.70. The van der Waals surface area contributed by atoms with Crippen molar-refractivity contribution in [3.8, 4) is 0 Å². The predicted octanol–water partition coefficient (Wildman–Crippen LogP) is 4.93. The zero-order valence-corrected chi connectivity index (χ0v) is 19.5. The fraction of sp³-hybridized carbons (Fsp3) is 0.636. The van der Waals surface area contributed by atoms with Gasteiger partial charge in [0.25, 0.3) is 0 Å². The molecule has 0 amide bonds. The minimum absolute atomic E-state index is 0. The van der Waals surface area contributed by atoms with E-state index in [-0.39, 0.29) is 30.2 Å². The molecule has 7 heteroatoms. The second-order valence-corrected chi connectivity index (χ2v) is 9.25. The molecule has 2 aliphatic rings. The highest BCUT2D eigenvalue weighted by atomic mass is 35.5. The molecule has 0 N–H and O–H groups in total. The van der Waals surface area contributed by atoms with Gasteiger partial charge in [-0.2, -0.15) is 0 Å². The topological polar surface area (TPSA) is 43.2 Å². The van der Waals surface area contributed by atoms with Crippen LogP contribution < -0.4 is 0 Å². The van der Waals surface area contributed by atoms with Crippen LogP contribution in [-0.2, 0) is 23.3 Å². The molecule has 0 radical (unpaired) electrons. The fourth-order valence-corrected chi connectivity index (χ4v) is 4.75. The van der Waals surface area contributed by atoms with Gasteiger partial charge in [-0.05, 0) is 42.2 Å². The number of hydrogen-bond acceptors (Lipinski definition) is 4. The molecule has 29 heavy (non-hydrogen) atoms. The maximum atomic E-state index is 5.17. The van der Waals surface area contributed by atoms with E-state index in [2.05, 4.69) is 71.1 Å². The van der Waals surface area contributed by atoms with Gasteiger partial charge in [0.2, 0.25) is 0 Å². The molecule has 162 valence electrons. The summed E-state index contributed by atoms with van der Waals surface area (Å²) in [6, 6.07) is 11.0. The molecule has 0 saturated carbocycles. The van der Waals surface area contributed by atoms with E-state index in [0.717, 1.165) is 12.2 Å². The quantitative estimate of drug-likeness (QED) is 0.660. The number of hydrogen-bond donors (Lipinski definition) is 0. The lowest BCUT2D eigenvalue weighted by Crippen LogP contribution is -2.43. The molecule has 2 fully saturated rings. The summed E-state index contributed by atoms with van der Waals surface area (Å²) in [6.07, 6.45) is 7.02. The Morgan fingerprint density at radius 1 is 1.00 bits per heavy atom. The van der Waals surface area contributed by atoms with Gasteiger partial charge in [-0.25, -0.2) is 4.68 Å². The Morgan fingerprint density at radius 3 is 2.17 bits per heavy atom. The van der Waals surface area contributed by atoms with E-state index in [1.165, 1.54) is 36.8 Å². The smallest absolute Gasteiger partial charge is 0.108 e. The maximum Gasteiger partial charge on any atom is 0.108 e. The number of nitrogens with zero attached hydrogens (tertiary/aromatic N) is 4. The summed E-state index contributed by atoms with van der Waals surface area (Å²) in [5.74, 6) is 0. The molecule has 0 spiro atoms. The molecule has 5 nitrogen and oxygen atoms in total. The summed E-state index contributed by atoms with van der Waals surface area (Å²) >= 11 is 0. The van der Waals surface area contributed by atoms with Crippen molar-refractivity contribution in [1.82, 2.24) is 19.9 Å². The number of piperidine rings is 1. The Bertz CT molecular complexity index is 758. The van der Waals surface area contributed by atoms with Gasteiger partial charge in [-0.3, -0.25) is 4.90 Å². The van der Waals surface area contributed by atoms with Gasteiger partial charge >= 0.3 is 0 Å². The lowest BCUT2D eigenvalue weighted by Gasteiger charge is -2.39. The Balaban J connectivity index is 0.00000150. The van der Waals surface area contributed by atoms with Crippen LogP contribution in [0, 0.1) is 0 Å². The molecule has 2 bridgehead atoms. The van der Waals surface area contributed by atoms with Crippen LogP contribution in [0.4, 0.5) is 0 Å². The lowest BCUT2D eigenvalue weighted by atomic mass is 9.86. The first-order valence-corrected chi connectivity index (χ1v) is 10.2. The van der Waals surface area contributed by atoms with E-state index in [4.69, 9.17) is 4.74 Å². The zero-order valence-electron chi connectivity index (χ0n) is 17.9. The first kappa shape index (κ1) is 24.1. The molecule has 2 saturated heterocycles. The number of fused-ring (bicyclic) bond motifs is 2. The Labute approximate surface area is 187 Å². The standard InChI is InChI=1S/C22H32N4O.2ClH/c1-22(2,3)17-7-5-16(6-8-17)13-25-19-9-10-20(25)12-21(11-19)26-14-18(15-27-4)23-24-26;;/h5-8,14,19-21H,9-13,15H2,1-4H3;2*1H. The second-order valence-electron chi connectivity index (χ2n) is 9.25. The summed E-state index contributed by atoms with van der Waals surface area (Å²) in [5, 5.41) is 8.61. The normalized spacial score (nSPS) is 24.1. The predicted molar refractivity (Wildman–Crippen MR) is 121 cm³/mol. The van der Waals surface area contributed by atoms with Crippen molar-refractivity contribution in [2.24, 2.45) is 0 Å². The van der Waals surface area contributed by atoms with Gasteiger partial charge in [0.1, 0.15) is 5.69 Å². The van der Waals surface area contributed by atoms with Crippen molar-refractivity contribution in [2.45, 2.75) is 83.1 Å². The summed E-state index contributed by atoms with van der Waals surface area (Å²) in [6.45, 7) is 8.43. The average molecular weight is 441 g/mol. The Morgan fingerprint density at radius 2 is 1.62 bits per heavy atom. The number of ether oxygens (including phenoxy) is 1. The monoisotopic (exact) mass is 440 g/mol. The van der Waals surface area contributed by atoms with Crippen LogP contribution in [0.3, 0.4) is 0 Å². The Hall–Kier alpha value is -1.14. The number of methoxy groups -OCH3 is 1. The molecule has 3 heterocycles. The molecule has 2 atom stereocenters. The van der Waals surface area contributed by atoms with Crippen LogP contribution in [0.2, 0.25) is 0 Å². The van der Waals surface area contributed by atoms with Crippen molar-refractivity contribution in [3.63, 3.8) is 0 Å². The molecule has 4 rings (SSSR count). The number of halogens is 2. The van der Waals surface area contributed by atoms with Crippen LogP contribution in [0.25, 0.3) is 0 Å². The van der Waals surface area contributed by atoms with Crippen molar-refractivity contribution in [1.29, 1.82) is 0 Å². The third kappa shape index (κ3) is 5.32. The van der Waals surface area contributed by atoms with Gasteiger partial charge < -0.3 is 4.74 Å². The minimum atomic E-state index is 0. The average Bonchev–Trinajstić information content (AvgIpc) is 3.17. The molecule has 1 aromatic heterocycles. The van der Waals surface area contributed by atoms with E-state index in [1.54, 1.807) is 7.11 Å². The molecule has 0 aliphatic carbocycles. The molecular formula is C22H34Cl2N4O. The molecule has 1 aromatic carbocycles. The lowest BCUT2D eigenvalue weighted by molar-refractivity contribution is 0.0944. The second kappa shape index (κ2) is 9.78. The summed E-state index contributed by atoms with van der Waals surface area (Å²) in [5.41, 5.74) is 3.98. The fourth-order valence-electron chi connectivity index (χ4n) is 4.75. The van der Waals surface area contributed by atoms with E-state index >= 15 is 0 Å². The molecule has 2 aliphatic heterocycles. The summed E-state index contributed by atoms with van der Waals surface area (Å²) < 4.78 is 7.25. The van der Waals surface area contributed by atoms with Gasteiger partial charge in [0.15, 0.2) is 0 Å². The van der Waals surface area contributed by atoms with Gasteiger partial charge in [0, 0.05) is 25.7 Å². The molecular weight excluding hydrogens is 407 g/mol. The molecule has 2 aromatic rings. The van der Waals surface area contributed by atoms with Gasteiger partial charge in [-0.1, -0.05) is 50.3 Å². The SMILES string of the molecule is COCc1cn(C2CC3CCC(C2)N3Cc2ccc(C(C)(C)C)cc2)nn1.Cl.Cl. The minimum Gasteiger partial charge on any atom is -0.378 e. The van der Waals surface area contributed by atoms with Crippen molar-refractivity contribution >= 4 is 24.8 Å². The van der Waals surface area contributed by atoms with Gasteiger partial charge in [-0.15, -0.1) is 29.9 Å². The largest absolute Gasteiger partial charge is 0.378 e. The Kier molecular flexibility index (Phi) is 8.14. The highest BCUT2D eigenvalue weighted by molar-refractivity contribution is 5.85. The van der Waals surface area contributed by atoms with Crippen LogP contribution >= 0.6 is 24.8 Å². The maximum absolute atomic E-state index is 5.17. The third-order valence-electron chi connectivity index (χ3n) is 6.27. The third-order valence-corrected chi connectivity index (χ3v) is 6.27. The van der Waals surface area contributed by atoms with Crippen molar-refractivity contribution in [3.05, 3.63) is 47.3 Å². The first-order valence-electron chi connectivity index (χ1n) is 10.2. The number of aromatic nitrogens is 3. The molecule has 2 unspecified atom stereocenters. The van der Waals surface area contributed by atoms with E-state index in [1.807, 2.05) is 0 Å². The van der Waals surface area contributed by atoms with Crippen molar-refractivity contribution < 1.29 is 4.74 Å². The van der Waals surface area contributed by atoms with Gasteiger partial charge in [0.05, 0.1) is 18.8 Å². The number of benzene rings is 1. The van der Waals surface area contributed by atoms with Crippen LogP contribution in [-0.4, -0.2) is 39.1 Å². The van der Waals surface area contributed by atoms with Crippen LogP contribution in [0.1, 0.15) is 69.3 Å². The van der Waals surface area contributed by atoms with E-state index < -0.39 is 0 Å². The highest BCUT2D eigenvalue weighted by Gasteiger charge is 2.41. The van der Waals surface area contributed by atoms with E-state index in [0.29, 0.717) is 24.7 Å². The summed E-state index contributed by atoms with van der Waals surface area (Å²) in [4.78, 5) is 2.73. The van der Waals surface area contributed by atoms with E-state index in [9.17, 15) is 0 Å². The van der Waals surface area contributed by atoms with Crippen LogP contribution in [0.5, 0.6) is 0 Å². The first-order chi connectivity index (χ1) is 12.9.